The first kappa shape index (κ1) is 25.3. The van der Waals surface area contributed by atoms with Crippen LogP contribution in [0, 0.1) is 5.82 Å². The van der Waals surface area contributed by atoms with Gasteiger partial charge in [0.05, 0.1) is 17.4 Å². The smallest absolute Gasteiger partial charge is 0.277 e. The summed E-state index contributed by atoms with van der Waals surface area (Å²) in [6, 6.07) is 7.52. The van der Waals surface area contributed by atoms with E-state index in [2.05, 4.69) is 25.6 Å². The standard InChI is InChI=1S/C26H29FN8O3/c1-26(2)25(37)35(24-19(38-26)8-5-11-30-24)20-10-9-14(13-31-20)32-22-15(21(29)36)12-16(27)23(34-22)33-18-7-4-3-6-17(18)28/h5,8-13,17-18H,3-4,6-7,28H2,1-2H3,(H2,29,36)(H2,32,33,34). The molecule has 11 nitrogen and oxygen atoms in total. The number of anilines is 5. The maximum Gasteiger partial charge on any atom is 0.277 e. The van der Waals surface area contributed by atoms with Crippen molar-refractivity contribution in [1.82, 2.24) is 15.0 Å². The molecule has 3 aromatic rings. The van der Waals surface area contributed by atoms with Gasteiger partial charge in [0.25, 0.3) is 11.8 Å². The average molecular weight is 521 g/mol. The van der Waals surface area contributed by atoms with Crippen LogP contribution in [0.3, 0.4) is 0 Å². The molecule has 38 heavy (non-hydrogen) atoms. The van der Waals surface area contributed by atoms with Gasteiger partial charge in [-0.15, -0.1) is 0 Å². The van der Waals surface area contributed by atoms with Gasteiger partial charge >= 0.3 is 0 Å². The molecule has 2 atom stereocenters. The van der Waals surface area contributed by atoms with Gasteiger partial charge in [0, 0.05) is 18.3 Å². The van der Waals surface area contributed by atoms with E-state index in [9.17, 15) is 14.0 Å². The number of ether oxygens (including phenoxy) is 1. The van der Waals surface area contributed by atoms with Gasteiger partial charge in [-0.2, -0.15) is 0 Å². The van der Waals surface area contributed by atoms with Gasteiger partial charge in [-0.05, 0) is 57.0 Å². The molecule has 1 aliphatic heterocycles. The third kappa shape index (κ3) is 4.82. The lowest BCUT2D eigenvalue weighted by molar-refractivity contribution is -0.131. The minimum absolute atomic E-state index is 0.0201. The van der Waals surface area contributed by atoms with Crippen molar-refractivity contribution in [3.05, 3.63) is 54.1 Å². The summed E-state index contributed by atoms with van der Waals surface area (Å²) in [5, 5.41) is 6.07. The molecule has 0 spiro atoms. The van der Waals surface area contributed by atoms with Crippen molar-refractivity contribution in [3.63, 3.8) is 0 Å². The van der Waals surface area contributed by atoms with Crippen molar-refractivity contribution in [3.8, 4) is 5.75 Å². The Morgan fingerprint density at radius 3 is 2.68 bits per heavy atom. The monoisotopic (exact) mass is 520 g/mol. The fourth-order valence-electron chi connectivity index (χ4n) is 4.64. The second kappa shape index (κ2) is 9.86. The first-order valence-corrected chi connectivity index (χ1v) is 12.4. The Kier molecular flexibility index (Phi) is 6.57. The molecule has 0 radical (unpaired) electrons. The third-order valence-corrected chi connectivity index (χ3v) is 6.67. The quantitative estimate of drug-likeness (QED) is 0.382. The molecule has 198 valence electrons. The molecule has 0 bridgehead atoms. The normalized spacial score (nSPS) is 20.3. The highest BCUT2D eigenvalue weighted by atomic mass is 19.1. The zero-order chi connectivity index (χ0) is 27.0. The highest BCUT2D eigenvalue weighted by Crippen LogP contribution is 2.39. The summed E-state index contributed by atoms with van der Waals surface area (Å²) in [6.45, 7) is 3.34. The van der Waals surface area contributed by atoms with Crippen molar-refractivity contribution < 1.29 is 18.7 Å². The lowest BCUT2D eigenvalue weighted by atomic mass is 9.91. The summed E-state index contributed by atoms with van der Waals surface area (Å²) in [5.41, 5.74) is 10.9. The van der Waals surface area contributed by atoms with E-state index in [0.717, 1.165) is 31.7 Å². The number of carbonyl (C=O) groups is 2. The maximum atomic E-state index is 14.8. The number of fused-ring (bicyclic) bond motifs is 1. The number of halogens is 1. The predicted molar refractivity (Wildman–Crippen MR) is 140 cm³/mol. The summed E-state index contributed by atoms with van der Waals surface area (Å²) in [7, 11) is 0. The van der Waals surface area contributed by atoms with E-state index in [-0.39, 0.29) is 35.2 Å². The van der Waals surface area contributed by atoms with Gasteiger partial charge < -0.3 is 26.8 Å². The summed E-state index contributed by atoms with van der Waals surface area (Å²) >= 11 is 0. The Balaban J connectivity index is 1.43. The van der Waals surface area contributed by atoms with E-state index in [4.69, 9.17) is 16.2 Å². The average Bonchev–Trinajstić information content (AvgIpc) is 2.88. The summed E-state index contributed by atoms with van der Waals surface area (Å²) in [5.74, 6) is -0.705. The van der Waals surface area contributed by atoms with Crippen LogP contribution in [0.25, 0.3) is 0 Å². The van der Waals surface area contributed by atoms with Crippen LogP contribution in [0.1, 0.15) is 49.9 Å². The Morgan fingerprint density at radius 2 is 1.97 bits per heavy atom. The van der Waals surface area contributed by atoms with Crippen LogP contribution in [0.5, 0.6) is 5.75 Å². The van der Waals surface area contributed by atoms with Gasteiger partial charge in [0.1, 0.15) is 11.6 Å². The second-order valence-corrected chi connectivity index (χ2v) is 9.89. The van der Waals surface area contributed by atoms with E-state index in [0.29, 0.717) is 23.1 Å². The van der Waals surface area contributed by atoms with Crippen LogP contribution in [0.15, 0.2) is 42.7 Å². The molecule has 1 fully saturated rings. The van der Waals surface area contributed by atoms with E-state index in [1.165, 1.54) is 11.1 Å². The van der Waals surface area contributed by atoms with Crippen LogP contribution >= 0.6 is 0 Å². The molecular weight excluding hydrogens is 491 g/mol. The van der Waals surface area contributed by atoms with E-state index in [1.807, 2.05) is 0 Å². The third-order valence-electron chi connectivity index (χ3n) is 6.67. The van der Waals surface area contributed by atoms with Crippen molar-refractivity contribution >= 4 is 40.8 Å². The number of nitrogens with zero attached hydrogens (tertiary/aromatic N) is 4. The molecule has 2 unspecified atom stereocenters. The molecule has 0 aromatic carbocycles. The minimum atomic E-state index is -1.12. The van der Waals surface area contributed by atoms with Gasteiger partial charge in [0.15, 0.2) is 28.8 Å². The number of nitrogens with one attached hydrogen (secondary N) is 2. The fraction of sp³-hybridized carbons (Fsp3) is 0.346. The van der Waals surface area contributed by atoms with Crippen LogP contribution in [-0.2, 0) is 4.79 Å². The number of hydrogen-bond donors (Lipinski definition) is 4. The number of pyridine rings is 3. The van der Waals surface area contributed by atoms with Crippen molar-refractivity contribution in [2.75, 3.05) is 15.5 Å². The predicted octanol–water partition coefficient (Wildman–Crippen LogP) is 3.37. The number of nitrogens with two attached hydrogens (primary N) is 2. The van der Waals surface area contributed by atoms with Crippen molar-refractivity contribution in [2.24, 2.45) is 11.5 Å². The van der Waals surface area contributed by atoms with Crippen molar-refractivity contribution in [1.29, 1.82) is 0 Å². The second-order valence-electron chi connectivity index (χ2n) is 9.89. The molecule has 4 heterocycles. The van der Waals surface area contributed by atoms with E-state index >= 15 is 0 Å². The molecule has 5 rings (SSSR count). The summed E-state index contributed by atoms with van der Waals surface area (Å²) in [6.07, 6.45) is 6.68. The maximum absolute atomic E-state index is 14.8. The Morgan fingerprint density at radius 1 is 1.18 bits per heavy atom. The van der Waals surface area contributed by atoms with Gasteiger partial charge in [-0.25, -0.2) is 24.2 Å². The molecular formula is C26H29FN8O3. The molecule has 6 N–H and O–H groups in total. The molecule has 0 saturated heterocycles. The van der Waals surface area contributed by atoms with E-state index in [1.54, 1.807) is 44.3 Å². The lowest BCUT2D eigenvalue weighted by Crippen LogP contribution is -2.51. The zero-order valence-corrected chi connectivity index (χ0v) is 21.1. The van der Waals surface area contributed by atoms with Crippen LogP contribution in [0.4, 0.5) is 33.3 Å². The molecule has 2 aliphatic rings. The van der Waals surface area contributed by atoms with Gasteiger partial charge in [-0.3, -0.25) is 9.59 Å². The molecule has 1 saturated carbocycles. The summed E-state index contributed by atoms with van der Waals surface area (Å²) in [4.78, 5) is 39.6. The number of amides is 2. The van der Waals surface area contributed by atoms with Crippen LogP contribution in [0.2, 0.25) is 0 Å². The highest BCUT2D eigenvalue weighted by Gasteiger charge is 2.43. The largest absolute Gasteiger partial charge is 0.474 e. The summed E-state index contributed by atoms with van der Waals surface area (Å²) < 4.78 is 20.6. The highest BCUT2D eigenvalue weighted by molar-refractivity contribution is 6.06. The fourth-order valence-corrected chi connectivity index (χ4v) is 4.64. The molecule has 12 heteroatoms. The molecule has 1 aliphatic carbocycles. The zero-order valence-electron chi connectivity index (χ0n) is 21.1. The van der Waals surface area contributed by atoms with Crippen molar-refractivity contribution in [2.45, 2.75) is 57.2 Å². The van der Waals surface area contributed by atoms with Crippen LogP contribution in [-0.4, -0.2) is 44.5 Å². The Hall–Kier alpha value is -4.32. The Labute approximate surface area is 218 Å². The number of aromatic nitrogens is 3. The minimum Gasteiger partial charge on any atom is -0.474 e. The number of hydrogen-bond acceptors (Lipinski definition) is 9. The van der Waals surface area contributed by atoms with Gasteiger partial charge in [0.2, 0.25) is 0 Å². The number of carbonyl (C=O) groups excluding carboxylic acids is 2. The van der Waals surface area contributed by atoms with Crippen LogP contribution < -0.4 is 31.7 Å². The molecule has 3 aromatic heterocycles. The number of rotatable bonds is 6. The number of primary amides is 1. The van der Waals surface area contributed by atoms with E-state index < -0.39 is 17.3 Å². The van der Waals surface area contributed by atoms with Gasteiger partial charge in [-0.1, -0.05) is 12.8 Å². The first-order valence-electron chi connectivity index (χ1n) is 12.4. The Bertz CT molecular complexity index is 1380. The lowest BCUT2D eigenvalue weighted by Gasteiger charge is -2.37. The molecule has 2 amide bonds. The SMILES string of the molecule is CC1(C)Oc2cccnc2N(c2ccc(Nc3nc(NC4CCCCC4N)c(F)cc3C(N)=O)cn2)C1=O. The topological polar surface area (TPSA) is 161 Å². The first-order chi connectivity index (χ1) is 18.1.